The van der Waals surface area contributed by atoms with Crippen LogP contribution in [-0.4, -0.2) is 23.4 Å². The van der Waals surface area contributed by atoms with Gasteiger partial charge in [0.2, 0.25) is 5.89 Å². The van der Waals surface area contributed by atoms with Crippen LogP contribution >= 0.6 is 0 Å². The van der Waals surface area contributed by atoms with Crippen LogP contribution in [0.1, 0.15) is 24.7 Å². The van der Waals surface area contributed by atoms with Gasteiger partial charge in [-0.3, -0.25) is 0 Å². The molecule has 0 spiro atoms. The Labute approximate surface area is 78.5 Å². The fourth-order valence-corrected chi connectivity index (χ4v) is 0.818. The lowest BCUT2D eigenvalue weighted by Gasteiger charge is -2.02. The summed E-state index contributed by atoms with van der Waals surface area (Å²) in [4.78, 5) is 3.61. The van der Waals surface area contributed by atoms with E-state index in [1.165, 1.54) is 0 Å². The van der Waals surface area contributed by atoms with Crippen LogP contribution < -0.4 is 5.32 Å². The summed E-state index contributed by atoms with van der Waals surface area (Å²) >= 11 is 0. The van der Waals surface area contributed by atoms with Gasteiger partial charge >= 0.3 is 6.18 Å². The molecule has 1 heterocycles. The largest absolute Gasteiger partial charge is 0.396 e. The van der Waals surface area contributed by atoms with Crippen molar-refractivity contribution in [1.29, 1.82) is 0 Å². The predicted octanol–water partition coefficient (Wildman–Crippen LogP) is 1.45. The summed E-state index contributed by atoms with van der Waals surface area (Å²) < 4.78 is 40.3. The van der Waals surface area contributed by atoms with Gasteiger partial charge in [-0.25, -0.2) is 0 Å². The van der Waals surface area contributed by atoms with Gasteiger partial charge in [-0.15, -0.1) is 0 Å². The number of alkyl halides is 3. The van der Waals surface area contributed by atoms with Gasteiger partial charge in [-0.1, -0.05) is 5.16 Å². The maximum absolute atomic E-state index is 11.9. The number of hydrogen-bond acceptors (Lipinski definition) is 4. The molecule has 80 valence electrons. The molecule has 0 fully saturated rings. The van der Waals surface area contributed by atoms with E-state index in [-0.39, 0.29) is 17.8 Å². The fourth-order valence-electron chi connectivity index (χ4n) is 0.818. The second-order valence-corrected chi connectivity index (χ2v) is 2.85. The second-order valence-electron chi connectivity index (χ2n) is 2.85. The third-order valence-corrected chi connectivity index (χ3v) is 1.65. The maximum Gasteiger partial charge on any atom is 0.396 e. The molecular formula is C7H10F3N3O. The SMILES string of the molecule is CNC(C)c1nc(CC(F)(F)F)no1. The van der Waals surface area contributed by atoms with Gasteiger partial charge in [0.1, 0.15) is 6.42 Å². The molecule has 7 heteroatoms. The van der Waals surface area contributed by atoms with Gasteiger partial charge in [0.25, 0.3) is 0 Å². The Morgan fingerprint density at radius 3 is 2.64 bits per heavy atom. The first kappa shape index (κ1) is 11.0. The zero-order valence-electron chi connectivity index (χ0n) is 7.72. The minimum Gasteiger partial charge on any atom is -0.338 e. The molecule has 1 N–H and O–H groups in total. The predicted molar refractivity (Wildman–Crippen MR) is 41.5 cm³/mol. The zero-order chi connectivity index (χ0) is 10.8. The van der Waals surface area contributed by atoms with Crippen LogP contribution in [0, 0.1) is 0 Å². The molecule has 1 aromatic heterocycles. The Hall–Kier alpha value is -1.11. The number of nitrogens with zero attached hydrogens (tertiary/aromatic N) is 2. The first-order valence-corrected chi connectivity index (χ1v) is 3.99. The van der Waals surface area contributed by atoms with Gasteiger partial charge in [0, 0.05) is 0 Å². The normalized spacial score (nSPS) is 14.4. The van der Waals surface area contributed by atoms with E-state index >= 15 is 0 Å². The number of nitrogens with one attached hydrogen (secondary N) is 1. The van der Waals surface area contributed by atoms with E-state index in [9.17, 15) is 13.2 Å². The lowest BCUT2D eigenvalue weighted by Crippen LogP contribution is -2.14. The Kier molecular flexibility index (Phi) is 3.10. The number of rotatable bonds is 3. The van der Waals surface area contributed by atoms with Crippen LogP contribution in [0.25, 0.3) is 0 Å². The quantitative estimate of drug-likeness (QED) is 0.818. The van der Waals surface area contributed by atoms with Crippen molar-refractivity contribution in [2.45, 2.75) is 25.6 Å². The molecule has 14 heavy (non-hydrogen) atoms. The molecule has 1 atom stereocenters. The van der Waals surface area contributed by atoms with Crippen molar-refractivity contribution < 1.29 is 17.7 Å². The zero-order valence-corrected chi connectivity index (χ0v) is 7.72. The smallest absolute Gasteiger partial charge is 0.338 e. The van der Waals surface area contributed by atoms with E-state index in [1.54, 1.807) is 14.0 Å². The van der Waals surface area contributed by atoms with Crippen LogP contribution in [0.4, 0.5) is 13.2 Å². The number of halogens is 3. The summed E-state index contributed by atoms with van der Waals surface area (Å²) in [5.74, 6) is -0.179. The summed E-state index contributed by atoms with van der Waals surface area (Å²) in [5, 5.41) is 6.00. The highest BCUT2D eigenvalue weighted by Crippen LogP contribution is 2.20. The third kappa shape index (κ3) is 2.99. The van der Waals surface area contributed by atoms with Crippen LogP contribution in [0.15, 0.2) is 4.52 Å². The first-order valence-electron chi connectivity index (χ1n) is 3.99. The highest BCUT2D eigenvalue weighted by molar-refractivity contribution is 4.92. The monoisotopic (exact) mass is 209 g/mol. The third-order valence-electron chi connectivity index (χ3n) is 1.65. The topological polar surface area (TPSA) is 51.0 Å². The van der Waals surface area contributed by atoms with E-state index in [4.69, 9.17) is 0 Å². The van der Waals surface area contributed by atoms with Crippen molar-refractivity contribution in [3.63, 3.8) is 0 Å². The summed E-state index contributed by atoms with van der Waals surface area (Å²) in [6.07, 6.45) is -5.46. The molecular weight excluding hydrogens is 199 g/mol. The van der Waals surface area contributed by atoms with Crippen LogP contribution in [0.5, 0.6) is 0 Å². The van der Waals surface area contributed by atoms with Crippen molar-refractivity contribution in [3.05, 3.63) is 11.7 Å². The average molecular weight is 209 g/mol. The van der Waals surface area contributed by atoms with Crippen LogP contribution in [-0.2, 0) is 6.42 Å². The van der Waals surface area contributed by atoms with E-state index in [0.29, 0.717) is 0 Å². The highest BCUT2D eigenvalue weighted by atomic mass is 19.4. The molecule has 0 aliphatic rings. The molecule has 1 aromatic rings. The van der Waals surface area contributed by atoms with Gasteiger partial charge < -0.3 is 9.84 Å². The summed E-state index contributed by atoms with van der Waals surface area (Å²) in [6, 6.07) is -0.246. The van der Waals surface area contributed by atoms with Crippen molar-refractivity contribution in [2.75, 3.05) is 7.05 Å². The average Bonchev–Trinajstić information content (AvgIpc) is 2.48. The fraction of sp³-hybridized carbons (Fsp3) is 0.714. The molecule has 1 rings (SSSR count). The minimum absolute atomic E-state index is 0.159. The molecule has 0 aliphatic carbocycles. The second kappa shape index (κ2) is 3.95. The minimum atomic E-state index is -4.30. The number of hydrogen-bond donors (Lipinski definition) is 1. The van der Waals surface area contributed by atoms with E-state index in [0.717, 1.165) is 0 Å². The standard InChI is InChI=1S/C7H10F3N3O/c1-4(11-2)6-12-5(13-14-6)3-7(8,9)10/h4,11H,3H2,1-2H3. The number of aromatic nitrogens is 2. The van der Waals surface area contributed by atoms with Gasteiger partial charge in [-0.05, 0) is 14.0 Å². The first-order chi connectivity index (χ1) is 6.42. The Morgan fingerprint density at radius 1 is 1.50 bits per heavy atom. The summed E-state index contributed by atoms with van der Waals surface area (Å²) in [6.45, 7) is 1.71. The Balaban J connectivity index is 2.69. The molecule has 0 amide bonds. The van der Waals surface area contributed by atoms with E-state index < -0.39 is 12.6 Å². The van der Waals surface area contributed by atoms with Gasteiger partial charge in [0.15, 0.2) is 5.82 Å². The van der Waals surface area contributed by atoms with Crippen LogP contribution in [0.3, 0.4) is 0 Å². The summed E-state index contributed by atoms with van der Waals surface area (Å²) in [5.41, 5.74) is 0. The van der Waals surface area contributed by atoms with Gasteiger partial charge in [-0.2, -0.15) is 18.2 Å². The van der Waals surface area contributed by atoms with Crippen molar-refractivity contribution >= 4 is 0 Å². The molecule has 0 aromatic carbocycles. The van der Waals surface area contributed by atoms with E-state index in [2.05, 4.69) is 20.0 Å². The summed E-state index contributed by atoms with van der Waals surface area (Å²) in [7, 11) is 1.65. The molecule has 0 aliphatic heterocycles. The molecule has 0 bridgehead atoms. The lowest BCUT2D eigenvalue weighted by atomic mass is 10.3. The van der Waals surface area contributed by atoms with Crippen molar-refractivity contribution in [1.82, 2.24) is 15.5 Å². The molecule has 0 radical (unpaired) electrons. The van der Waals surface area contributed by atoms with Crippen molar-refractivity contribution in [2.24, 2.45) is 0 Å². The molecule has 0 saturated heterocycles. The van der Waals surface area contributed by atoms with Crippen LogP contribution in [0.2, 0.25) is 0 Å². The Bertz CT molecular complexity index is 297. The molecule has 1 unspecified atom stereocenters. The molecule has 4 nitrogen and oxygen atoms in total. The molecule has 0 saturated carbocycles. The Morgan fingerprint density at radius 2 is 2.14 bits per heavy atom. The lowest BCUT2D eigenvalue weighted by molar-refractivity contribution is -0.128. The maximum atomic E-state index is 11.9. The van der Waals surface area contributed by atoms with Gasteiger partial charge in [0.05, 0.1) is 6.04 Å². The van der Waals surface area contributed by atoms with E-state index in [1.807, 2.05) is 0 Å². The van der Waals surface area contributed by atoms with Crippen molar-refractivity contribution in [3.8, 4) is 0 Å². The highest BCUT2D eigenvalue weighted by Gasteiger charge is 2.30.